The monoisotopic (exact) mass is 242 g/mol. The molecule has 0 saturated carbocycles. The maximum Gasteiger partial charge on any atom is 0.0479 e. The lowest BCUT2D eigenvalue weighted by Gasteiger charge is -2.21. The molecule has 0 heterocycles. The van der Waals surface area contributed by atoms with Crippen LogP contribution in [-0.4, -0.2) is 13.1 Å². The minimum Gasteiger partial charge on any atom is -0.398 e. The van der Waals surface area contributed by atoms with Gasteiger partial charge in [0, 0.05) is 28.9 Å². The maximum absolute atomic E-state index is 5.79. The molecule has 0 fully saturated rings. The Morgan fingerprint density at radius 2 is 1.92 bits per heavy atom. The van der Waals surface area contributed by atoms with Gasteiger partial charge in [0.1, 0.15) is 0 Å². The summed E-state index contributed by atoms with van der Waals surface area (Å²) in [7, 11) is 0. The number of hydrogen-bond donors (Lipinski definition) is 1. The zero-order chi connectivity index (χ0) is 9.84. The number of nitrogens with zero attached hydrogens (tertiary/aromatic N) is 1. The Morgan fingerprint density at radius 3 is 2.38 bits per heavy atom. The van der Waals surface area contributed by atoms with Gasteiger partial charge in [0.25, 0.3) is 0 Å². The molecule has 1 rings (SSSR count). The van der Waals surface area contributed by atoms with Crippen LogP contribution < -0.4 is 10.6 Å². The molecule has 0 aromatic heterocycles. The molecule has 0 aliphatic rings. The van der Waals surface area contributed by atoms with E-state index in [0.29, 0.717) is 0 Å². The van der Waals surface area contributed by atoms with Crippen LogP contribution >= 0.6 is 15.9 Å². The van der Waals surface area contributed by atoms with Gasteiger partial charge in [-0.2, -0.15) is 0 Å². The highest BCUT2D eigenvalue weighted by atomic mass is 79.9. The summed E-state index contributed by atoms with van der Waals surface area (Å²) < 4.78 is 0.961. The Kier molecular flexibility index (Phi) is 3.60. The van der Waals surface area contributed by atoms with Crippen LogP contribution in [-0.2, 0) is 0 Å². The van der Waals surface area contributed by atoms with Crippen LogP contribution in [0.4, 0.5) is 11.4 Å². The molecule has 2 nitrogen and oxygen atoms in total. The summed E-state index contributed by atoms with van der Waals surface area (Å²) >= 11 is 3.38. The number of nitrogen functional groups attached to an aromatic ring is 1. The van der Waals surface area contributed by atoms with Crippen molar-refractivity contribution in [3.8, 4) is 0 Å². The number of halogens is 1. The SMILES string of the molecule is CCN(CC)c1ccc(Br)c(N)c1. The van der Waals surface area contributed by atoms with E-state index in [1.807, 2.05) is 12.1 Å². The fourth-order valence-corrected chi connectivity index (χ4v) is 1.56. The highest BCUT2D eigenvalue weighted by Crippen LogP contribution is 2.25. The molecule has 0 atom stereocenters. The second-order valence-electron chi connectivity index (χ2n) is 2.88. The number of rotatable bonds is 3. The lowest BCUT2D eigenvalue weighted by molar-refractivity contribution is 0.866. The van der Waals surface area contributed by atoms with Gasteiger partial charge in [0.05, 0.1) is 0 Å². The van der Waals surface area contributed by atoms with E-state index in [0.717, 1.165) is 23.2 Å². The third-order valence-electron chi connectivity index (χ3n) is 2.11. The van der Waals surface area contributed by atoms with Crippen LogP contribution in [0.3, 0.4) is 0 Å². The van der Waals surface area contributed by atoms with Gasteiger partial charge in [-0.1, -0.05) is 0 Å². The first-order valence-corrected chi connectivity index (χ1v) is 5.28. The fraction of sp³-hybridized carbons (Fsp3) is 0.400. The van der Waals surface area contributed by atoms with E-state index in [4.69, 9.17) is 5.73 Å². The Morgan fingerprint density at radius 1 is 1.31 bits per heavy atom. The largest absolute Gasteiger partial charge is 0.398 e. The molecular weight excluding hydrogens is 228 g/mol. The molecule has 72 valence electrons. The first kappa shape index (κ1) is 10.4. The summed E-state index contributed by atoms with van der Waals surface area (Å²) in [5.41, 5.74) is 7.78. The molecule has 0 unspecified atom stereocenters. The number of nitrogens with two attached hydrogens (primary N) is 1. The third kappa shape index (κ3) is 2.37. The second kappa shape index (κ2) is 4.51. The predicted octanol–water partition coefficient (Wildman–Crippen LogP) is 2.88. The molecule has 0 radical (unpaired) electrons. The zero-order valence-electron chi connectivity index (χ0n) is 8.05. The molecule has 1 aromatic rings. The van der Waals surface area contributed by atoms with E-state index in [1.165, 1.54) is 5.69 Å². The number of anilines is 2. The average Bonchev–Trinajstić information content (AvgIpc) is 2.13. The van der Waals surface area contributed by atoms with Crippen LogP contribution in [0, 0.1) is 0 Å². The van der Waals surface area contributed by atoms with E-state index in [9.17, 15) is 0 Å². The summed E-state index contributed by atoms with van der Waals surface area (Å²) in [5.74, 6) is 0. The highest BCUT2D eigenvalue weighted by Gasteiger charge is 2.02. The summed E-state index contributed by atoms with van der Waals surface area (Å²) in [4.78, 5) is 2.27. The van der Waals surface area contributed by atoms with Crippen molar-refractivity contribution < 1.29 is 0 Å². The third-order valence-corrected chi connectivity index (χ3v) is 2.83. The quantitative estimate of drug-likeness (QED) is 0.827. The zero-order valence-corrected chi connectivity index (χ0v) is 9.63. The maximum atomic E-state index is 5.79. The van der Waals surface area contributed by atoms with Crippen molar-refractivity contribution in [3.63, 3.8) is 0 Å². The normalized spacial score (nSPS) is 10.1. The Labute approximate surface area is 87.9 Å². The van der Waals surface area contributed by atoms with Crippen LogP contribution in [0.25, 0.3) is 0 Å². The second-order valence-corrected chi connectivity index (χ2v) is 3.73. The van der Waals surface area contributed by atoms with E-state index in [-0.39, 0.29) is 0 Å². The van der Waals surface area contributed by atoms with Gasteiger partial charge in [-0.05, 0) is 48.0 Å². The van der Waals surface area contributed by atoms with Crippen LogP contribution in [0.2, 0.25) is 0 Å². The van der Waals surface area contributed by atoms with Gasteiger partial charge in [-0.25, -0.2) is 0 Å². The minimum absolute atomic E-state index is 0.796. The van der Waals surface area contributed by atoms with Gasteiger partial charge in [0.15, 0.2) is 0 Å². The van der Waals surface area contributed by atoms with E-state index < -0.39 is 0 Å². The summed E-state index contributed by atoms with van der Waals surface area (Å²) in [6.45, 7) is 6.30. The minimum atomic E-state index is 0.796. The van der Waals surface area contributed by atoms with Crippen molar-refractivity contribution >= 4 is 27.3 Å². The molecule has 0 aliphatic heterocycles. The smallest absolute Gasteiger partial charge is 0.0479 e. The molecule has 0 spiro atoms. The molecule has 0 aliphatic carbocycles. The number of benzene rings is 1. The van der Waals surface area contributed by atoms with Crippen LogP contribution in [0.5, 0.6) is 0 Å². The highest BCUT2D eigenvalue weighted by molar-refractivity contribution is 9.10. The van der Waals surface area contributed by atoms with Crippen molar-refractivity contribution in [2.24, 2.45) is 0 Å². The van der Waals surface area contributed by atoms with Gasteiger partial charge in [0.2, 0.25) is 0 Å². The molecule has 2 N–H and O–H groups in total. The lowest BCUT2D eigenvalue weighted by Crippen LogP contribution is -2.21. The van der Waals surface area contributed by atoms with Gasteiger partial charge >= 0.3 is 0 Å². The molecular formula is C10H15BrN2. The Balaban J connectivity index is 2.95. The van der Waals surface area contributed by atoms with E-state index in [1.54, 1.807) is 0 Å². The van der Waals surface area contributed by atoms with E-state index in [2.05, 4.69) is 40.7 Å². The molecule has 0 amide bonds. The van der Waals surface area contributed by atoms with Crippen molar-refractivity contribution in [3.05, 3.63) is 22.7 Å². The molecule has 0 saturated heterocycles. The van der Waals surface area contributed by atoms with Crippen molar-refractivity contribution in [2.75, 3.05) is 23.7 Å². The molecule has 3 heteroatoms. The standard InChI is InChI=1S/C10H15BrN2/c1-3-13(4-2)8-5-6-9(11)10(12)7-8/h5-7H,3-4,12H2,1-2H3. The van der Waals surface area contributed by atoms with Gasteiger partial charge in [-0.3, -0.25) is 0 Å². The van der Waals surface area contributed by atoms with Crippen LogP contribution in [0.15, 0.2) is 22.7 Å². The first-order chi connectivity index (χ1) is 6.19. The lowest BCUT2D eigenvalue weighted by atomic mass is 10.2. The Bertz CT molecular complexity index is 282. The molecule has 13 heavy (non-hydrogen) atoms. The predicted molar refractivity (Wildman–Crippen MR) is 62.1 cm³/mol. The van der Waals surface area contributed by atoms with Crippen LogP contribution in [0.1, 0.15) is 13.8 Å². The van der Waals surface area contributed by atoms with Crippen molar-refractivity contribution in [2.45, 2.75) is 13.8 Å². The molecule has 0 bridgehead atoms. The van der Waals surface area contributed by atoms with Gasteiger partial charge in [-0.15, -0.1) is 0 Å². The number of hydrogen-bond acceptors (Lipinski definition) is 2. The first-order valence-electron chi connectivity index (χ1n) is 4.49. The summed E-state index contributed by atoms with van der Waals surface area (Å²) in [6, 6.07) is 6.06. The fourth-order valence-electron chi connectivity index (χ4n) is 1.32. The molecule has 1 aromatic carbocycles. The summed E-state index contributed by atoms with van der Waals surface area (Å²) in [5, 5.41) is 0. The van der Waals surface area contributed by atoms with Crippen molar-refractivity contribution in [1.82, 2.24) is 0 Å². The summed E-state index contributed by atoms with van der Waals surface area (Å²) in [6.07, 6.45) is 0. The topological polar surface area (TPSA) is 29.3 Å². The van der Waals surface area contributed by atoms with Gasteiger partial charge < -0.3 is 10.6 Å². The average molecular weight is 243 g/mol. The van der Waals surface area contributed by atoms with E-state index >= 15 is 0 Å². The Hall–Kier alpha value is -0.700. The van der Waals surface area contributed by atoms with Crippen molar-refractivity contribution in [1.29, 1.82) is 0 Å².